The first-order valence-electron chi connectivity index (χ1n) is 9.64. The van der Waals surface area contributed by atoms with Crippen LogP contribution < -0.4 is 10.6 Å². The van der Waals surface area contributed by atoms with E-state index in [-0.39, 0.29) is 5.82 Å². The van der Waals surface area contributed by atoms with Crippen molar-refractivity contribution in [3.8, 4) is 0 Å². The van der Waals surface area contributed by atoms with Crippen LogP contribution >= 0.6 is 0 Å². The Morgan fingerprint density at radius 3 is 3.00 bits per heavy atom. The molecule has 3 unspecified atom stereocenters. The average molecular weight is 345 g/mol. The van der Waals surface area contributed by atoms with Crippen molar-refractivity contribution in [2.75, 3.05) is 19.7 Å². The summed E-state index contributed by atoms with van der Waals surface area (Å²) < 4.78 is 19.3. The van der Waals surface area contributed by atoms with Gasteiger partial charge >= 0.3 is 0 Å². The van der Waals surface area contributed by atoms with E-state index in [4.69, 9.17) is 9.73 Å². The number of nitrogens with zero attached hydrogens (tertiary/aromatic N) is 1. The maximum Gasteiger partial charge on any atom is 0.191 e. The van der Waals surface area contributed by atoms with Gasteiger partial charge in [-0.15, -0.1) is 0 Å². The zero-order chi connectivity index (χ0) is 17.3. The van der Waals surface area contributed by atoms with Crippen molar-refractivity contribution in [1.82, 2.24) is 10.6 Å². The van der Waals surface area contributed by atoms with E-state index >= 15 is 0 Å². The molecule has 0 aromatic heterocycles. The van der Waals surface area contributed by atoms with Crippen molar-refractivity contribution in [3.63, 3.8) is 0 Å². The molecular weight excluding hydrogens is 317 g/mol. The number of hydrogen-bond acceptors (Lipinski definition) is 2. The smallest absolute Gasteiger partial charge is 0.191 e. The van der Waals surface area contributed by atoms with Crippen molar-refractivity contribution in [2.24, 2.45) is 16.3 Å². The molecular formula is C20H28FN3O. The quantitative estimate of drug-likeness (QED) is 0.637. The van der Waals surface area contributed by atoms with Gasteiger partial charge in [0.25, 0.3) is 0 Å². The lowest BCUT2D eigenvalue weighted by Gasteiger charge is -2.63. The number of halogens is 1. The highest BCUT2D eigenvalue weighted by Crippen LogP contribution is 2.62. The first kappa shape index (κ1) is 16.8. The number of nitrogens with one attached hydrogen (secondary N) is 2. The lowest BCUT2D eigenvalue weighted by Crippen LogP contribution is -2.72. The van der Waals surface area contributed by atoms with Crippen molar-refractivity contribution in [2.45, 2.75) is 51.2 Å². The lowest BCUT2D eigenvalue weighted by atomic mass is 9.46. The van der Waals surface area contributed by atoms with E-state index in [1.165, 1.54) is 25.3 Å². The molecule has 3 aliphatic rings. The van der Waals surface area contributed by atoms with Crippen molar-refractivity contribution in [3.05, 3.63) is 35.6 Å². The summed E-state index contributed by atoms with van der Waals surface area (Å²) >= 11 is 0. The Hall–Kier alpha value is -1.62. The number of rotatable bonds is 5. The van der Waals surface area contributed by atoms with Crippen molar-refractivity contribution >= 4 is 5.96 Å². The number of guanidine groups is 1. The second-order valence-corrected chi connectivity index (χ2v) is 7.59. The number of benzene rings is 1. The topological polar surface area (TPSA) is 45.7 Å². The predicted octanol–water partition coefficient (Wildman–Crippen LogP) is 2.88. The molecule has 1 spiro atoms. The first-order chi connectivity index (χ1) is 12.2. The fourth-order valence-corrected chi connectivity index (χ4v) is 4.91. The minimum atomic E-state index is -0.180. The van der Waals surface area contributed by atoms with Gasteiger partial charge in [0.15, 0.2) is 5.96 Å². The highest BCUT2D eigenvalue weighted by atomic mass is 19.1. The molecule has 5 heteroatoms. The van der Waals surface area contributed by atoms with Crippen LogP contribution in [0.3, 0.4) is 0 Å². The summed E-state index contributed by atoms with van der Waals surface area (Å²) in [5.74, 6) is 1.34. The monoisotopic (exact) mass is 345 g/mol. The summed E-state index contributed by atoms with van der Waals surface area (Å²) in [6.45, 7) is 4.49. The molecule has 2 aliphatic carbocycles. The van der Waals surface area contributed by atoms with E-state index in [2.05, 4.69) is 17.6 Å². The Morgan fingerprint density at radius 2 is 2.28 bits per heavy atom. The van der Waals surface area contributed by atoms with E-state index in [9.17, 15) is 4.39 Å². The number of ether oxygens (including phenoxy) is 1. The lowest BCUT2D eigenvalue weighted by molar-refractivity contribution is -0.171. The molecule has 2 saturated carbocycles. The normalized spacial score (nSPS) is 29.7. The van der Waals surface area contributed by atoms with Gasteiger partial charge in [-0.05, 0) is 50.3 Å². The summed E-state index contributed by atoms with van der Waals surface area (Å²) in [7, 11) is 0. The van der Waals surface area contributed by atoms with Crippen molar-refractivity contribution < 1.29 is 9.13 Å². The van der Waals surface area contributed by atoms with E-state index in [0.29, 0.717) is 30.0 Å². The average Bonchev–Trinajstić information content (AvgIpc) is 2.96. The molecule has 0 bridgehead atoms. The Morgan fingerprint density at radius 1 is 1.40 bits per heavy atom. The van der Waals surface area contributed by atoms with E-state index in [0.717, 1.165) is 37.5 Å². The molecule has 3 atom stereocenters. The van der Waals surface area contributed by atoms with Gasteiger partial charge < -0.3 is 15.4 Å². The van der Waals surface area contributed by atoms with Gasteiger partial charge in [-0.3, -0.25) is 4.99 Å². The summed E-state index contributed by atoms with van der Waals surface area (Å²) in [5, 5.41) is 7.07. The van der Waals surface area contributed by atoms with Crippen LogP contribution in [0.4, 0.5) is 4.39 Å². The van der Waals surface area contributed by atoms with Gasteiger partial charge in [-0.25, -0.2) is 4.39 Å². The van der Waals surface area contributed by atoms with Crippen LogP contribution in [-0.4, -0.2) is 37.8 Å². The van der Waals surface area contributed by atoms with Gasteiger partial charge in [-0.1, -0.05) is 18.6 Å². The number of aliphatic imine (C=N–C) groups is 1. The second-order valence-electron chi connectivity index (χ2n) is 7.59. The maximum absolute atomic E-state index is 13.3. The molecule has 1 aromatic rings. The molecule has 2 N–H and O–H groups in total. The zero-order valence-corrected chi connectivity index (χ0v) is 14.9. The van der Waals surface area contributed by atoms with Gasteiger partial charge in [0.1, 0.15) is 5.82 Å². The van der Waals surface area contributed by atoms with Crippen LogP contribution in [0.25, 0.3) is 0 Å². The molecule has 1 saturated heterocycles. The standard InChI is InChI=1S/C20H28FN3O/c1-2-22-19(23-11-7-14-5-3-6-15(21)13-14)24-17-16-8-12-25-18(16)20(17)9-4-10-20/h3,5-6,13,16-18H,2,4,7-12H2,1H3,(H2,22,23,24). The first-order valence-corrected chi connectivity index (χ1v) is 9.64. The van der Waals surface area contributed by atoms with E-state index < -0.39 is 0 Å². The Bertz CT molecular complexity index is 644. The maximum atomic E-state index is 13.3. The zero-order valence-electron chi connectivity index (χ0n) is 14.9. The minimum Gasteiger partial charge on any atom is -0.377 e. The molecule has 1 aliphatic heterocycles. The molecule has 4 nitrogen and oxygen atoms in total. The molecule has 136 valence electrons. The number of hydrogen-bond donors (Lipinski definition) is 2. The van der Waals surface area contributed by atoms with Crippen LogP contribution in [0.15, 0.2) is 29.3 Å². The minimum absolute atomic E-state index is 0.180. The molecule has 25 heavy (non-hydrogen) atoms. The van der Waals surface area contributed by atoms with Crippen LogP contribution in [0.5, 0.6) is 0 Å². The van der Waals surface area contributed by atoms with Crippen LogP contribution in [0, 0.1) is 17.2 Å². The van der Waals surface area contributed by atoms with Crippen LogP contribution in [0.2, 0.25) is 0 Å². The summed E-state index contributed by atoms with van der Waals surface area (Å²) in [6, 6.07) is 7.26. The largest absolute Gasteiger partial charge is 0.377 e. The Kier molecular flexibility index (Phi) is 4.67. The molecule has 4 rings (SSSR count). The number of fused-ring (bicyclic) bond motifs is 2. The summed E-state index contributed by atoms with van der Waals surface area (Å²) in [5.41, 5.74) is 1.34. The van der Waals surface area contributed by atoms with Gasteiger partial charge in [-0.2, -0.15) is 0 Å². The van der Waals surface area contributed by atoms with Gasteiger partial charge in [0.2, 0.25) is 0 Å². The summed E-state index contributed by atoms with van der Waals surface area (Å²) in [4.78, 5) is 4.73. The van der Waals surface area contributed by atoms with Gasteiger partial charge in [0, 0.05) is 37.1 Å². The second kappa shape index (κ2) is 6.94. The van der Waals surface area contributed by atoms with Crippen LogP contribution in [-0.2, 0) is 11.2 Å². The highest BCUT2D eigenvalue weighted by Gasteiger charge is 2.66. The van der Waals surface area contributed by atoms with Crippen LogP contribution in [0.1, 0.15) is 38.2 Å². The SMILES string of the molecule is CCNC(=NCCc1cccc(F)c1)NC1C2CCOC2C12CCC2. The van der Waals surface area contributed by atoms with Gasteiger partial charge in [0.05, 0.1) is 6.10 Å². The molecule has 0 amide bonds. The van der Waals surface area contributed by atoms with E-state index in [1.54, 1.807) is 12.1 Å². The molecule has 1 heterocycles. The van der Waals surface area contributed by atoms with Crippen molar-refractivity contribution in [1.29, 1.82) is 0 Å². The Balaban J connectivity index is 1.39. The summed E-state index contributed by atoms with van der Waals surface area (Å²) in [6.07, 6.45) is 6.24. The molecule has 3 fully saturated rings. The fourth-order valence-electron chi connectivity index (χ4n) is 4.91. The fraction of sp³-hybridized carbons (Fsp3) is 0.650. The van der Waals surface area contributed by atoms with E-state index in [1.807, 2.05) is 6.07 Å². The predicted molar refractivity (Wildman–Crippen MR) is 97.1 cm³/mol. The third-order valence-electron chi connectivity index (χ3n) is 6.23. The molecule has 0 radical (unpaired) electrons. The third kappa shape index (κ3) is 3.03. The third-order valence-corrected chi connectivity index (χ3v) is 6.23. The highest BCUT2D eigenvalue weighted by molar-refractivity contribution is 5.80. The Labute approximate surface area is 149 Å². The molecule has 1 aromatic carbocycles.